The quantitative estimate of drug-likeness (QED) is 0.194. The Morgan fingerprint density at radius 1 is 0.604 bits per heavy atom. The predicted molar refractivity (Wildman–Crippen MR) is 199 cm³/mol. The summed E-state index contributed by atoms with van der Waals surface area (Å²) in [6, 6.07) is 22.3. The summed E-state index contributed by atoms with van der Waals surface area (Å²) < 4.78 is 0. The summed E-state index contributed by atoms with van der Waals surface area (Å²) >= 11 is 0. The molecule has 0 amide bonds. The second kappa shape index (κ2) is 12.1. The second-order valence-electron chi connectivity index (χ2n) is 15.8. The van der Waals surface area contributed by atoms with Crippen LogP contribution in [0.5, 0.6) is 0 Å². The summed E-state index contributed by atoms with van der Waals surface area (Å²) in [5.41, 5.74) is 9.17. The van der Waals surface area contributed by atoms with Crippen LogP contribution in [-0.2, 0) is 10.8 Å². The molecular weight excluding hydrogens is 588 g/mol. The van der Waals surface area contributed by atoms with E-state index >= 15 is 0 Å². The normalized spacial score (nSPS) is 25.7. The highest BCUT2D eigenvalue weighted by Gasteiger charge is 2.46. The topological polar surface area (TPSA) is 52.6 Å². The Kier molecular flexibility index (Phi) is 8.28. The van der Waals surface area contributed by atoms with E-state index in [2.05, 4.69) is 138 Å². The minimum absolute atomic E-state index is 0.315. The lowest BCUT2D eigenvalue weighted by Crippen LogP contribution is -2.66. The Bertz CT molecular complexity index is 1800. The summed E-state index contributed by atoms with van der Waals surface area (Å²) in [6.45, 7) is 19.6. The average molecular weight is 641 g/mol. The molecule has 252 valence electrons. The fraction of sp³-hybridized carbons (Fsp3) is 0.455. The van der Waals surface area contributed by atoms with E-state index in [-0.39, 0.29) is 10.8 Å². The van der Waals surface area contributed by atoms with Crippen LogP contribution < -0.4 is 20.0 Å². The maximum absolute atomic E-state index is 14.2. The molecule has 4 aromatic carbocycles. The predicted octanol–water partition coefficient (Wildman–Crippen LogP) is 8.58. The van der Waals surface area contributed by atoms with Crippen LogP contribution in [0.4, 0.5) is 11.4 Å². The first-order chi connectivity index (χ1) is 22.9. The number of anilines is 2. The molecule has 4 aromatic rings. The zero-order valence-electron chi connectivity index (χ0n) is 30.2. The van der Waals surface area contributed by atoms with Gasteiger partial charge in [-0.3, -0.25) is 0 Å². The van der Waals surface area contributed by atoms with Crippen molar-refractivity contribution in [3.05, 3.63) is 106 Å². The molecule has 0 N–H and O–H groups in total. The van der Waals surface area contributed by atoms with Crippen LogP contribution in [0.1, 0.15) is 89.5 Å². The first-order valence-corrected chi connectivity index (χ1v) is 18.3. The third kappa shape index (κ3) is 5.01. The highest BCUT2D eigenvalue weighted by Crippen LogP contribution is 2.54. The fourth-order valence-electron chi connectivity index (χ4n) is 8.99. The van der Waals surface area contributed by atoms with Crippen molar-refractivity contribution in [1.82, 2.24) is 0 Å². The molecule has 4 heteroatoms. The van der Waals surface area contributed by atoms with Crippen LogP contribution in [0.3, 0.4) is 0 Å². The lowest BCUT2D eigenvalue weighted by Gasteiger charge is -2.60. The fourth-order valence-corrected chi connectivity index (χ4v) is 8.99. The summed E-state index contributed by atoms with van der Waals surface area (Å²) in [6.07, 6.45) is 6.54. The minimum atomic E-state index is -0.967. The lowest BCUT2D eigenvalue weighted by atomic mass is 9.66. The van der Waals surface area contributed by atoms with Crippen LogP contribution in [0, 0.1) is 25.7 Å². The third-order valence-corrected chi connectivity index (χ3v) is 11.7. The van der Waals surface area contributed by atoms with Crippen molar-refractivity contribution in [3.63, 3.8) is 0 Å². The molecular formula is C44H52N2O2-2. The number of allylic oxidation sites excluding steroid dienone is 2. The van der Waals surface area contributed by atoms with Crippen molar-refractivity contribution in [1.29, 1.82) is 0 Å². The van der Waals surface area contributed by atoms with Crippen LogP contribution >= 0.6 is 0 Å². The molecule has 1 fully saturated rings. The van der Waals surface area contributed by atoms with E-state index < -0.39 is 24.0 Å². The minimum Gasteiger partial charge on any atom is -0.851 e. The van der Waals surface area contributed by atoms with Gasteiger partial charge in [0.1, 0.15) is 0 Å². The highest BCUT2D eigenvalue weighted by molar-refractivity contribution is 5.96. The number of unbranched alkanes of at least 4 members (excludes halogenated alkanes) is 2. The van der Waals surface area contributed by atoms with Gasteiger partial charge in [0.05, 0.1) is 0 Å². The van der Waals surface area contributed by atoms with E-state index in [1.807, 2.05) is 0 Å². The number of hydrogen-bond acceptors (Lipinski definition) is 4. The highest BCUT2D eigenvalue weighted by atomic mass is 16.3. The summed E-state index contributed by atoms with van der Waals surface area (Å²) in [4.78, 5) is 4.84. The van der Waals surface area contributed by atoms with E-state index in [1.54, 1.807) is 0 Å². The summed E-state index contributed by atoms with van der Waals surface area (Å²) in [5.74, 6) is -1.10. The number of benzene rings is 4. The van der Waals surface area contributed by atoms with E-state index in [1.165, 1.54) is 55.2 Å². The van der Waals surface area contributed by atoms with Gasteiger partial charge in [-0.2, -0.15) is 0 Å². The average Bonchev–Trinajstić information content (AvgIpc) is 3.41. The number of rotatable bonds is 8. The van der Waals surface area contributed by atoms with Gasteiger partial charge >= 0.3 is 0 Å². The Labute approximate surface area is 287 Å². The molecule has 0 saturated heterocycles. The lowest BCUT2D eigenvalue weighted by molar-refractivity contribution is -0.550. The molecule has 3 aliphatic rings. The van der Waals surface area contributed by atoms with Gasteiger partial charge < -0.3 is 20.0 Å². The smallest absolute Gasteiger partial charge is 0.0456 e. The van der Waals surface area contributed by atoms with Crippen LogP contribution in [0.2, 0.25) is 0 Å². The van der Waals surface area contributed by atoms with E-state index in [0.717, 1.165) is 50.2 Å². The Morgan fingerprint density at radius 2 is 0.979 bits per heavy atom. The second-order valence-corrected chi connectivity index (χ2v) is 15.8. The molecule has 1 saturated carbocycles. The monoisotopic (exact) mass is 640 g/mol. The molecule has 0 aromatic heterocycles. The van der Waals surface area contributed by atoms with E-state index in [9.17, 15) is 10.2 Å². The molecule has 7 rings (SSSR count). The van der Waals surface area contributed by atoms with E-state index in [0.29, 0.717) is 0 Å². The summed E-state index contributed by atoms with van der Waals surface area (Å²) in [5, 5.41) is 33.5. The maximum Gasteiger partial charge on any atom is 0.0456 e. The first-order valence-electron chi connectivity index (χ1n) is 18.3. The zero-order chi connectivity index (χ0) is 34.1. The van der Waals surface area contributed by atoms with Crippen molar-refractivity contribution in [2.24, 2.45) is 11.8 Å². The molecule has 0 bridgehead atoms. The number of aryl methyl sites for hydroxylation is 2. The van der Waals surface area contributed by atoms with Gasteiger partial charge in [0, 0.05) is 46.7 Å². The Balaban J connectivity index is 1.26. The number of fused-ring (bicyclic) bond motifs is 6. The first kappa shape index (κ1) is 32.9. The van der Waals surface area contributed by atoms with Crippen LogP contribution in [-0.4, -0.2) is 25.3 Å². The van der Waals surface area contributed by atoms with E-state index in [4.69, 9.17) is 0 Å². The Hall–Kier alpha value is -3.60. The van der Waals surface area contributed by atoms with Gasteiger partial charge in [-0.1, -0.05) is 126 Å². The number of nitrogens with zero attached hydrogens (tertiary/aromatic N) is 2. The number of hydrogen-bond donors (Lipinski definition) is 0. The SMILES string of the molecule is CCCCN1/C(=C/C2C([O-])C(/C=C3/N(CCCC)c4ccc5ccc(C)cc5c4C3(C)C)C2[O-])C(C)(C)c2c1ccc1ccc(C)cc21. The van der Waals surface area contributed by atoms with Gasteiger partial charge in [0.25, 0.3) is 0 Å². The summed E-state index contributed by atoms with van der Waals surface area (Å²) in [7, 11) is 0. The van der Waals surface area contributed by atoms with Gasteiger partial charge in [0.15, 0.2) is 0 Å². The maximum atomic E-state index is 14.2. The molecule has 48 heavy (non-hydrogen) atoms. The zero-order valence-corrected chi connectivity index (χ0v) is 30.2. The molecule has 0 radical (unpaired) electrons. The van der Waals surface area contributed by atoms with Crippen LogP contribution in [0.25, 0.3) is 21.5 Å². The van der Waals surface area contributed by atoms with Crippen molar-refractivity contribution >= 4 is 32.9 Å². The third-order valence-electron chi connectivity index (χ3n) is 11.7. The Morgan fingerprint density at radius 3 is 1.35 bits per heavy atom. The largest absolute Gasteiger partial charge is 0.851 e. The van der Waals surface area contributed by atoms with Crippen LogP contribution in [0.15, 0.2) is 84.2 Å². The molecule has 4 nitrogen and oxygen atoms in total. The standard InChI is InChI=1S/C44H52N2O2/c1-9-11-21-45-35-19-17-29-15-13-27(3)23-31(29)39(35)43(5,6)37(45)25-33-41(47)34(42(33)48)26-38-44(7,8)40-32-24-28(4)14-16-30(32)18-20-36(40)46(38)22-12-10-2/h13-20,23-26,33-34,41-42H,9-12,21-22H2,1-8H3/q-2/b37-25+,38-26+. The van der Waals surface area contributed by atoms with Gasteiger partial charge in [-0.25, -0.2) is 0 Å². The molecule has 0 unspecified atom stereocenters. The molecule has 0 atom stereocenters. The van der Waals surface area contributed by atoms with Crippen molar-refractivity contribution < 1.29 is 10.2 Å². The van der Waals surface area contributed by atoms with Crippen molar-refractivity contribution in [2.75, 3.05) is 22.9 Å². The van der Waals surface area contributed by atoms with Gasteiger partial charge in [-0.15, -0.1) is 12.2 Å². The van der Waals surface area contributed by atoms with Gasteiger partial charge in [0.2, 0.25) is 0 Å². The van der Waals surface area contributed by atoms with Crippen molar-refractivity contribution in [2.45, 2.75) is 104 Å². The molecule has 2 aliphatic heterocycles. The molecule has 0 spiro atoms. The molecule has 1 aliphatic carbocycles. The van der Waals surface area contributed by atoms with Crippen molar-refractivity contribution in [3.8, 4) is 0 Å². The molecule has 2 heterocycles. The van der Waals surface area contributed by atoms with Gasteiger partial charge in [-0.05, 0) is 83.3 Å².